The van der Waals surface area contributed by atoms with E-state index in [4.69, 9.17) is 5.73 Å². The van der Waals surface area contributed by atoms with Crippen LogP contribution in [0.25, 0.3) is 0 Å². The average molecular weight is 169 g/mol. The molecular weight excluding hydrogens is 159 g/mol. The maximum atomic E-state index is 12.1. The highest BCUT2D eigenvalue weighted by molar-refractivity contribution is 7.18. The lowest BCUT2D eigenvalue weighted by molar-refractivity contribution is -0.122. The first kappa shape index (κ1) is 9.76. The van der Waals surface area contributed by atoms with Crippen molar-refractivity contribution in [3.05, 3.63) is 0 Å². The SMILES string of the molecule is CC(CC(F)(F)P)C(N)=O. The van der Waals surface area contributed by atoms with Gasteiger partial charge in [-0.2, -0.15) is 0 Å². The van der Waals surface area contributed by atoms with Gasteiger partial charge in [-0.1, -0.05) is 16.2 Å². The lowest BCUT2D eigenvalue weighted by Crippen LogP contribution is -2.25. The molecule has 0 aromatic rings. The summed E-state index contributed by atoms with van der Waals surface area (Å²) in [6, 6.07) is 0. The maximum absolute atomic E-state index is 12.1. The zero-order valence-electron chi connectivity index (χ0n) is 5.60. The van der Waals surface area contributed by atoms with Gasteiger partial charge in [-0.3, -0.25) is 4.79 Å². The quantitative estimate of drug-likeness (QED) is 0.628. The maximum Gasteiger partial charge on any atom is 0.259 e. The van der Waals surface area contributed by atoms with Crippen molar-refractivity contribution in [1.82, 2.24) is 0 Å². The van der Waals surface area contributed by atoms with E-state index in [1.165, 1.54) is 16.2 Å². The number of hydrogen-bond acceptors (Lipinski definition) is 1. The van der Waals surface area contributed by atoms with Gasteiger partial charge >= 0.3 is 0 Å². The second-order valence-corrected chi connectivity index (χ2v) is 3.11. The van der Waals surface area contributed by atoms with E-state index in [-0.39, 0.29) is 0 Å². The number of rotatable bonds is 3. The summed E-state index contributed by atoms with van der Waals surface area (Å²) in [7, 11) is 1.36. The Kier molecular flexibility index (Phi) is 3.16. The molecule has 0 aliphatic rings. The van der Waals surface area contributed by atoms with E-state index in [1.54, 1.807) is 0 Å². The minimum atomic E-state index is -2.88. The first-order chi connectivity index (χ1) is 4.33. The van der Waals surface area contributed by atoms with Crippen LogP contribution >= 0.6 is 9.24 Å². The summed E-state index contributed by atoms with van der Waals surface area (Å²) < 4.78 is 24.2. The van der Waals surface area contributed by atoms with E-state index in [9.17, 15) is 13.6 Å². The molecule has 0 aliphatic heterocycles. The van der Waals surface area contributed by atoms with Gasteiger partial charge in [0.15, 0.2) is 0 Å². The Bertz CT molecular complexity index is 134. The summed E-state index contributed by atoms with van der Waals surface area (Å²) >= 11 is 0. The van der Waals surface area contributed by atoms with E-state index >= 15 is 0 Å². The first-order valence-electron chi connectivity index (χ1n) is 2.79. The summed E-state index contributed by atoms with van der Waals surface area (Å²) in [5.41, 5.74) is 1.88. The molecule has 0 saturated heterocycles. The van der Waals surface area contributed by atoms with Crippen molar-refractivity contribution in [2.75, 3.05) is 0 Å². The molecule has 0 aromatic heterocycles. The monoisotopic (exact) mass is 169 g/mol. The van der Waals surface area contributed by atoms with Crippen LogP contribution in [0.1, 0.15) is 13.3 Å². The fourth-order valence-electron chi connectivity index (χ4n) is 0.509. The molecule has 0 spiro atoms. The Morgan fingerprint density at radius 2 is 2.20 bits per heavy atom. The fourth-order valence-corrected chi connectivity index (χ4v) is 0.862. The van der Waals surface area contributed by atoms with Gasteiger partial charge in [-0.15, -0.1) is 0 Å². The molecule has 0 aliphatic carbocycles. The number of hydrogen-bond donors (Lipinski definition) is 1. The molecule has 1 amide bonds. The Hall–Kier alpha value is -0.240. The van der Waals surface area contributed by atoms with E-state index in [1.807, 2.05) is 0 Å². The van der Waals surface area contributed by atoms with E-state index in [2.05, 4.69) is 0 Å². The molecular formula is C5H10F2NOP. The number of alkyl halides is 2. The van der Waals surface area contributed by atoms with Gasteiger partial charge in [0.1, 0.15) is 0 Å². The van der Waals surface area contributed by atoms with Gasteiger partial charge in [-0.05, 0) is 0 Å². The molecule has 0 heterocycles. The molecule has 2 nitrogen and oxygen atoms in total. The molecule has 60 valence electrons. The molecule has 0 aromatic carbocycles. The van der Waals surface area contributed by atoms with Gasteiger partial charge in [0.05, 0.1) is 0 Å². The Balaban J connectivity index is 3.80. The van der Waals surface area contributed by atoms with Crippen LogP contribution in [0.5, 0.6) is 0 Å². The van der Waals surface area contributed by atoms with Gasteiger partial charge in [-0.25, -0.2) is 8.78 Å². The lowest BCUT2D eigenvalue weighted by atomic mass is 10.1. The number of primary amides is 1. The van der Waals surface area contributed by atoms with Crippen molar-refractivity contribution < 1.29 is 13.6 Å². The van der Waals surface area contributed by atoms with Crippen LogP contribution < -0.4 is 5.73 Å². The van der Waals surface area contributed by atoms with Crippen molar-refractivity contribution in [1.29, 1.82) is 0 Å². The first-order valence-corrected chi connectivity index (χ1v) is 3.36. The molecule has 0 rings (SSSR count). The summed E-state index contributed by atoms with van der Waals surface area (Å²) in [6.07, 6.45) is -0.507. The van der Waals surface area contributed by atoms with Gasteiger partial charge in [0.2, 0.25) is 5.91 Å². The largest absolute Gasteiger partial charge is 0.369 e. The van der Waals surface area contributed by atoms with Crippen LogP contribution in [0.3, 0.4) is 0 Å². The van der Waals surface area contributed by atoms with Crippen LogP contribution in [-0.2, 0) is 4.79 Å². The molecule has 0 bridgehead atoms. The van der Waals surface area contributed by atoms with E-state index in [0.29, 0.717) is 0 Å². The van der Waals surface area contributed by atoms with Crippen molar-refractivity contribution in [3.63, 3.8) is 0 Å². The van der Waals surface area contributed by atoms with E-state index < -0.39 is 23.9 Å². The Morgan fingerprint density at radius 3 is 2.30 bits per heavy atom. The molecule has 2 unspecified atom stereocenters. The van der Waals surface area contributed by atoms with Gasteiger partial charge in [0.25, 0.3) is 5.66 Å². The van der Waals surface area contributed by atoms with Crippen LogP contribution in [0, 0.1) is 5.92 Å². The number of amides is 1. The third-order valence-electron chi connectivity index (χ3n) is 1.06. The second kappa shape index (κ2) is 3.24. The number of carbonyl (C=O) groups is 1. The third kappa shape index (κ3) is 4.62. The highest BCUT2D eigenvalue weighted by Gasteiger charge is 2.26. The number of nitrogens with two attached hydrogens (primary N) is 1. The normalized spacial score (nSPS) is 14.8. The Morgan fingerprint density at radius 1 is 1.80 bits per heavy atom. The van der Waals surface area contributed by atoms with Gasteiger partial charge < -0.3 is 5.73 Å². The Labute approximate surface area is 60.4 Å². The highest BCUT2D eigenvalue weighted by atomic mass is 31.0. The summed E-state index contributed by atoms with van der Waals surface area (Å²) in [4.78, 5) is 10.3. The number of halogens is 2. The molecule has 5 heteroatoms. The van der Waals surface area contributed by atoms with Crippen LogP contribution in [0.2, 0.25) is 0 Å². The van der Waals surface area contributed by atoms with Crippen LogP contribution in [0.15, 0.2) is 0 Å². The predicted molar refractivity (Wildman–Crippen MR) is 37.6 cm³/mol. The zero-order chi connectivity index (χ0) is 8.36. The van der Waals surface area contributed by atoms with Crippen molar-refractivity contribution >= 4 is 15.1 Å². The summed E-state index contributed by atoms with van der Waals surface area (Å²) in [5.74, 6) is -1.46. The van der Waals surface area contributed by atoms with E-state index in [0.717, 1.165) is 0 Å². The average Bonchev–Trinajstić information content (AvgIpc) is 1.60. The molecule has 2 atom stereocenters. The third-order valence-corrected chi connectivity index (χ3v) is 1.30. The molecule has 2 N–H and O–H groups in total. The zero-order valence-corrected chi connectivity index (χ0v) is 6.76. The molecule has 0 radical (unpaired) electrons. The second-order valence-electron chi connectivity index (χ2n) is 2.27. The summed E-state index contributed by atoms with van der Waals surface area (Å²) in [5, 5.41) is 0. The predicted octanol–water partition coefficient (Wildman–Crippen LogP) is 0.966. The molecule has 0 fully saturated rings. The fraction of sp³-hybridized carbons (Fsp3) is 0.800. The highest BCUT2D eigenvalue weighted by Crippen LogP contribution is 2.29. The lowest BCUT2D eigenvalue weighted by Gasteiger charge is -2.12. The van der Waals surface area contributed by atoms with Gasteiger partial charge in [0, 0.05) is 12.3 Å². The minimum Gasteiger partial charge on any atom is -0.369 e. The van der Waals surface area contributed by atoms with Crippen molar-refractivity contribution in [3.8, 4) is 0 Å². The van der Waals surface area contributed by atoms with Crippen LogP contribution in [-0.4, -0.2) is 11.6 Å². The minimum absolute atomic E-state index is 0.507. The standard InChI is InChI=1S/C5H10F2NOP/c1-3(4(8)9)2-5(6,7)10/h3H,2,10H2,1H3,(H2,8,9). The molecule has 10 heavy (non-hydrogen) atoms. The number of carbonyl (C=O) groups excluding carboxylic acids is 1. The van der Waals surface area contributed by atoms with Crippen molar-refractivity contribution in [2.24, 2.45) is 11.7 Å². The topological polar surface area (TPSA) is 43.1 Å². The smallest absolute Gasteiger partial charge is 0.259 e. The van der Waals surface area contributed by atoms with Crippen molar-refractivity contribution in [2.45, 2.75) is 19.0 Å². The summed E-state index contributed by atoms with van der Waals surface area (Å²) in [6.45, 7) is 1.38. The molecule has 0 saturated carbocycles. The van der Waals surface area contributed by atoms with Crippen LogP contribution in [0.4, 0.5) is 8.78 Å².